The third-order valence-corrected chi connectivity index (χ3v) is 5.58. The predicted octanol–water partition coefficient (Wildman–Crippen LogP) is 2.68. The lowest BCUT2D eigenvalue weighted by Crippen LogP contribution is -2.50. The van der Waals surface area contributed by atoms with Gasteiger partial charge in [0.2, 0.25) is 5.91 Å². The van der Waals surface area contributed by atoms with Gasteiger partial charge in [0, 0.05) is 32.6 Å². The first-order valence-corrected chi connectivity index (χ1v) is 9.82. The second kappa shape index (κ2) is 8.90. The molecule has 3 rings (SSSR count). The van der Waals surface area contributed by atoms with E-state index in [2.05, 4.69) is 0 Å². The van der Waals surface area contributed by atoms with Crippen molar-refractivity contribution in [2.24, 2.45) is 0 Å². The van der Waals surface area contributed by atoms with Gasteiger partial charge >= 0.3 is 0 Å². The third-order valence-electron chi connectivity index (χ3n) is 4.73. The first-order chi connectivity index (χ1) is 13.1. The van der Waals surface area contributed by atoms with Gasteiger partial charge in [0.15, 0.2) is 11.5 Å². The highest BCUT2D eigenvalue weighted by atomic mass is 32.1. The van der Waals surface area contributed by atoms with Crippen LogP contribution in [-0.4, -0.2) is 62.0 Å². The number of hydrogen-bond acceptors (Lipinski definition) is 5. The van der Waals surface area contributed by atoms with Crippen LogP contribution in [0.1, 0.15) is 21.7 Å². The second-order valence-corrected chi connectivity index (χ2v) is 7.29. The van der Waals surface area contributed by atoms with Crippen molar-refractivity contribution in [3.8, 4) is 11.5 Å². The largest absolute Gasteiger partial charge is 0.493 e. The number of aryl methyl sites for hydroxylation is 1. The van der Waals surface area contributed by atoms with E-state index in [1.807, 2.05) is 45.5 Å². The molecule has 1 fully saturated rings. The summed E-state index contributed by atoms with van der Waals surface area (Å²) in [6, 6.07) is 9.43. The fourth-order valence-corrected chi connectivity index (χ4v) is 3.85. The number of nitrogens with zero attached hydrogens (tertiary/aromatic N) is 2. The maximum atomic E-state index is 12.5. The van der Waals surface area contributed by atoms with Crippen LogP contribution in [0, 0.1) is 0 Å². The Balaban J connectivity index is 1.49. The number of ether oxygens (including phenoxy) is 2. The maximum Gasteiger partial charge on any atom is 0.264 e. The van der Waals surface area contributed by atoms with E-state index in [1.165, 1.54) is 11.3 Å². The van der Waals surface area contributed by atoms with E-state index in [9.17, 15) is 9.59 Å². The Morgan fingerprint density at radius 2 is 1.70 bits per heavy atom. The molecule has 0 radical (unpaired) electrons. The number of rotatable bonds is 6. The molecule has 0 spiro atoms. The molecule has 0 atom stereocenters. The van der Waals surface area contributed by atoms with Gasteiger partial charge in [0.25, 0.3) is 5.91 Å². The Morgan fingerprint density at radius 1 is 1.00 bits per heavy atom. The van der Waals surface area contributed by atoms with Gasteiger partial charge in [0.05, 0.1) is 19.1 Å². The highest BCUT2D eigenvalue weighted by molar-refractivity contribution is 7.12. The fraction of sp³-hybridized carbons (Fsp3) is 0.400. The maximum absolute atomic E-state index is 12.5. The summed E-state index contributed by atoms with van der Waals surface area (Å²) in [5, 5.41) is 1.90. The molecule has 1 aromatic carbocycles. The van der Waals surface area contributed by atoms with E-state index < -0.39 is 0 Å². The Morgan fingerprint density at radius 3 is 2.33 bits per heavy atom. The van der Waals surface area contributed by atoms with Gasteiger partial charge in [-0.05, 0) is 35.6 Å². The van der Waals surface area contributed by atoms with E-state index in [0.717, 1.165) is 10.4 Å². The van der Waals surface area contributed by atoms with Crippen LogP contribution >= 0.6 is 11.3 Å². The molecule has 1 aromatic heterocycles. The molecule has 1 aliphatic heterocycles. The number of benzene rings is 1. The van der Waals surface area contributed by atoms with Crippen molar-refractivity contribution in [3.63, 3.8) is 0 Å². The minimum absolute atomic E-state index is 0.0578. The van der Waals surface area contributed by atoms with Crippen molar-refractivity contribution >= 4 is 23.2 Å². The van der Waals surface area contributed by atoms with Crippen molar-refractivity contribution in [1.29, 1.82) is 0 Å². The molecule has 2 amide bonds. The van der Waals surface area contributed by atoms with Crippen LogP contribution in [0.15, 0.2) is 35.7 Å². The Labute approximate surface area is 163 Å². The molecular weight excluding hydrogens is 364 g/mol. The molecule has 7 heteroatoms. The summed E-state index contributed by atoms with van der Waals surface area (Å²) < 4.78 is 10.5. The van der Waals surface area contributed by atoms with Gasteiger partial charge in [-0.3, -0.25) is 9.59 Å². The molecule has 0 aliphatic carbocycles. The molecule has 0 saturated carbocycles. The van der Waals surface area contributed by atoms with Gasteiger partial charge in [-0.1, -0.05) is 12.1 Å². The fourth-order valence-electron chi connectivity index (χ4n) is 3.16. The van der Waals surface area contributed by atoms with Crippen LogP contribution < -0.4 is 9.47 Å². The summed E-state index contributed by atoms with van der Waals surface area (Å²) >= 11 is 1.45. The zero-order chi connectivity index (χ0) is 19.2. The quantitative estimate of drug-likeness (QED) is 0.763. The number of carbonyl (C=O) groups excluding carboxylic acids is 2. The van der Waals surface area contributed by atoms with Gasteiger partial charge in [-0.25, -0.2) is 0 Å². The first kappa shape index (κ1) is 19.2. The van der Waals surface area contributed by atoms with Crippen molar-refractivity contribution in [1.82, 2.24) is 9.80 Å². The molecule has 2 heterocycles. The zero-order valence-corrected chi connectivity index (χ0v) is 16.5. The van der Waals surface area contributed by atoms with E-state index in [0.29, 0.717) is 50.5 Å². The second-order valence-electron chi connectivity index (χ2n) is 6.34. The molecular formula is C20H24N2O4S. The van der Waals surface area contributed by atoms with Crippen LogP contribution in [0.25, 0.3) is 0 Å². The number of thiophene rings is 1. The molecule has 144 valence electrons. The van der Waals surface area contributed by atoms with Crippen LogP contribution in [0.5, 0.6) is 11.5 Å². The minimum atomic E-state index is 0.0578. The summed E-state index contributed by atoms with van der Waals surface area (Å²) in [6.45, 7) is 2.33. The third kappa shape index (κ3) is 4.60. The number of carbonyl (C=O) groups is 2. The molecule has 27 heavy (non-hydrogen) atoms. The molecule has 2 aromatic rings. The summed E-state index contributed by atoms with van der Waals surface area (Å²) in [5.74, 6) is 1.53. The Bertz CT molecular complexity index is 783. The smallest absolute Gasteiger partial charge is 0.264 e. The van der Waals surface area contributed by atoms with E-state index in [4.69, 9.17) is 9.47 Å². The summed E-state index contributed by atoms with van der Waals surface area (Å²) in [7, 11) is 3.20. The Hall–Kier alpha value is -2.54. The highest BCUT2D eigenvalue weighted by Crippen LogP contribution is 2.28. The molecule has 0 bridgehead atoms. The molecule has 0 N–H and O–H groups in total. The lowest BCUT2D eigenvalue weighted by Gasteiger charge is -2.34. The molecule has 1 aliphatic rings. The van der Waals surface area contributed by atoms with Crippen LogP contribution in [0.4, 0.5) is 0 Å². The molecule has 0 unspecified atom stereocenters. The van der Waals surface area contributed by atoms with Gasteiger partial charge in [-0.2, -0.15) is 0 Å². The predicted molar refractivity (Wildman–Crippen MR) is 105 cm³/mol. The first-order valence-electron chi connectivity index (χ1n) is 8.94. The summed E-state index contributed by atoms with van der Waals surface area (Å²) in [5.41, 5.74) is 1.03. The van der Waals surface area contributed by atoms with Gasteiger partial charge < -0.3 is 19.3 Å². The normalized spacial score (nSPS) is 14.1. The van der Waals surface area contributed by atoms with Crippen LogP contribution in [0.3, 0.4) is 0 Å². The number of amides is 2. The average molecular weight is 388 g/mol. The van der Waals surface area contributed by atoms with Crippen molar-refractivity contribution in [2.75, 3.05) is 40.4 Å². The highest BCUT2D eigenvalue weighted by Gasteiger charge is 2.25. The molecule has 6 nitrogen and oxygen atoms in total. The van der Waals surface area contributed by atoms with E-state index >= 15 is 0 Å². The van der Waals surface area contributed by atoms with E-state index in [1.54, 1.807) is 14.2 Å². The minimum Gasteiger partial charge on any atom is -0.493 e. The number of hydrogen-bond donors (Lipinski definition) is 0. The number of methoxy groups -OCH3 is 2. The van der Waals surface area contributed by atoms with Gasteiger partial charge in [0.1, 0.15) is 0 Å². The molecule has 1 saturated heterocycles. The lowest BCUT2D eigenvalue weighted by molar-refractivity contribution is -0.132. The number of piperazine rings is 1. The standard InChI is InChI=1S/C20H24N2O4S/c1-25-16-7-5-15(14-17(16)26-2)6-8-19(23)21-9-11-22(12-10-21)20(24)18-4-3-13-27-18/h3-5,7,13-14H,6,8-12H2,1-2H3. The van der Waals surface area contributed by atoms with Crippen molar-refractivity contribution < 1.29 is 19.1 Å². The summed E-state index contributed by atoms with van der Waals surface area (Å²) in [6.07, 6.45) is 1.09. The average Bonchev–Trinajstić information content (AvgIpc) is 3.26. The lowest BCUT2D eigenvalue weighted by atomic mass is 10.1. The van der Waals surface area contributed by atoms with Gasteiger partial charge in [-0.15, -0.1) is 11.3 Å². The van der Waals surface area contributed by atoms with Crippen LogP contribution in [-0.2, 0) is 11.2 Å². The SMILES string of the molecule is COc1ccc(CCC(=O)N2CCN(C(=O)c3cccs3)CC2)cc1OC. The Kier molecular flexibility index (Phi) is 6.34. The van der Waals surface area contributed by atoms with Crippen LogP contribution in [0.2, 0.25) is 0 Å². The zero-order valence-electron chi connectivity index (χ0n) is 15.6. The van der Waals surface area contributed by atoms with Crippen molar-refractivity contribution in [3.05, 3.63) is 46.2 Å². The monoisotopic (exact) mass is 388 g/mol. The topological polar surface area (TPSA) is 59.1 Å². The summed E-state index contributed by atoms with van der Waals surface area (Å²) in [4.78, 5) is 29.3. The van der Waals surface area contributed by atoms with E-state index in [-0.39, 0.29) is 11.8 Å². The van der Waals surface area contributed by atoms with Crippen molar-refractivity contribution in [2.45, 2.75) is 12.8 Å².